The molecule has 2 atom stereocenters. The lowest BCUT2D eigenvalue weighted by Crippen LogP contribution is -2.25. The van der Waals surface area contributed by atoms with Gasteiger partial charge in [0.15, 0.2) is 0 Å². The van der Waals surface area contributed by atoms with Gasteiger partial charge >= 0.3 is 0 Å². The molecule has 2 rings (SSSR count). The first kappa shape index (κ1) is 12.8. The molecule has 0 saturated carbocycles. The lowest BCUT2D eigenvalue weighted by atomic mass is 9.99. The molecular weight excluding hydrogens is 226 g/mol. The van der Waals surface area contributed by atoms with Gasteiger partial charge < -0.3 is 9.84 Å². The highest BCUT2D eigenvalue weighted by Crippen LogP contribution is 2.24. The summed E-state index contributed by atoms with van der Waals surface area (Å²) in [5, 5.41) is 8.85. The Hall–Kier alpha value is -1.61. The number of hydrogen-bond acceptors (Lipinski definition) is 3. The number of rotatable bonds is 4. The van der Waals surface area contributed by atoms with Crippen LogP contribution < -0.4 is 0 Å². The maximum atomic E-state index is 8.85. The average molecular weight is 245 g/mol. The van der Waals surface area contributed by atoms with Gasteiger partial charge in [0, 0.05) is 5.56 Å². The summed E-state index contributed by atoms with van der Waals surface area (Å²) in [6, 6.07) is 10.0. The molecule has 18 heavy (non-hydrogen) atoms. The normalized spacial score (nSPS) is 23.4. The molecule has 0 unspecified atom stereocenters. The Morgan fingerprint density at radius 3 is 2.67 bits per heavy atom. The molecular formula is C15H19NO2. The molecule has 1 aromatic rings. The van der Waals surface area contributed by atoms with Crippen LogP contribution in [-0.2, 0) is 4.74 Å². The number of aliphatic hydroxyl groups excluding tert-OH is 1. The lowest BCUT2D eigenvalue weighted by molar-refractivity contribution is 0.218. The van der Waals surface area contributed by atoms with E-state index in [0.29, 0.717) is 11.8 Å². The molecule has 96 valence electrons. The summed E-state index contributed by atoms with van der Waals surface area (Å²) in [5.41, 5.74) is 1.00. The Labute approximate surface area is 108 Å². The van der Waals surface area contributed by atoms with Crippen molar-refractivity contribution < 1.29 is 9.84 Å². The van der Waals surface area contributed by atoms with Gasteiger partial charge in [0.05, 0.1) is 12.6 Å². The molecule has 0 bridgehead atoms. The fourth-order valence-corrected chi connectivity index (χ4v) is 2.04. The fraction of sp³-hybridized carbons (Fsp3) is 0.400. The summed E-state index contributed by atoms with van der Waals surface area (Å²) in [4.78, 5) is 4.65. The molecule has 1 aliphatic rings. The van der Waals surface area contributed by atoms with Gasteiger partial charge in [-0.05, 0) is 24.1 Å². The van der Waals surface area contributed by atoms with E-state index in [1.807, 2.05) is 36.4 Å². The zero-order valence-corrected chi connectivity index (χ0v) is 10.8. The van der Waals surface area contributed by atoms with Crippen LogP contribution in [0.4, 0.5) is 0 Å². The zero-order valence-electron chi connectivity index (χ0n) is 10.8. The Bertz CT molecular complexity index is 437. The number of aliphatic hydroxyl groups is 1. The summed E-state index contributed by atoms with van der Waals surface area (Å²) in [6.07, 6.45) is 3.53. The van der Waals surface area contributed by atoms with Crippen LogP contribution in [-0.4, -0.2) is 29.8 Å². The van der Waals surface area contributed by atoms with E-state index < -0.39 is 0 Å². The number of hydrogen-bond donors (Lipinski definition) is 1. The molecule has 3 heteroatoms. The van der Waals surface area contributed by atoms with Crippen LogP contribution in [0, 0.1) is 5.92 Å². The van der Waals surface area contributed by atoms with Crippen LogP contribution in [0.5, 0.6) is 0 Å². The first-order valence-electron chi connectivity index (χ1n) is 6.29. The van der Waals surface area contributed by atoms with Gasteiger partial charge in [0.1, 0.15) is 6.10 Å². The highest BCUT2D eigenvalue weighted by atomic mass is 16.5. The van der Waals surface area contributed by atoms with E-state index in [9.17, 15) is 0 Å². The molecule has 1 aliphatic heterocycles. The Morgan fingerprint density at radius 1 is 1.33 bits per heavy atom. The van der Waals surface area contributed by atoms with Gasteiger partial charge in [-0.25, -0.2) is 4.99 Å². The quantitative estimate of drug-likeness (QED) is 0.828. The summed E-state index contributed by atoms with van der Waals surface area (Å²) in [7, 11) is 0. The molecule has 0 radical (unpaired) electrons. The number of nitrogens with zero attached hydrogens (tertiary/aromatic N) is 1. The van der Waals surface area contributed by atoms with Gasteiger partial charge in [-0.2, -0.15) is 0 Å². The van der Waals surface area contributed by atoms with Crippen molar-refractivity contribution in [3.05, 3.63) is 48.0 Å². The van der Waals surface area contributed by atoms with Crippen molar-refractivity contribution in [2.24, 2.45) is 10.9 Å². The van der Waals surface area contributed by atoms with Crippen molar-refractivity contribution in [2.75, 3.05) is 6.61 Å². The van der Waals surface area contributed by atoms with E-state index in [-0.39, 0.29) is 18.8 Å². The minimum absolute atomic E-state index is 0.0331. The van der Waals surface area contributed by atoms with E-state index >= 15 is 0 Å². The van der Waals surface area contributed by atoms with Crippen molar-refractivity contribution in [3.63, 3.8) is 0 Å². The van der Waals surface area contributed by atoms with E-state index in [1.54, 1.807) is 6.08 Å². The Morgan fingerprint density at radius 2 is 2.06 bits per heavy atom. The highest BCUT2D eigenvalue weighted by Gasteiger charge is 2.31. The van der Waals surface area contributed by atoms with Gasteiger partial charge in [-0.3, -0.25) is 0 Å². The molecule has 1 heterocycles. The summed E-state index contributed by atoms with van der Waals surface area (Å²) < 4.78 is 5.88. The highest BCUT2D eigenvalue weighted by molar-refractivity contribution is 5.95. The van der Waals surface area contributed by atoms with E-state index in [1.165, 1.54) is 0 Å². The van der Waals surface area contributed by atoms with Gasteiger partial charge in [0.25, 0.3) is 0 Å². The second kappa shape index (κ2) is 5.83. The third-order valence-corrected chi connectivity index (χ3v) is 2.99. The van der Waals surface area contributed by atoms with Crippen LogP contribution in [0.2, 0.25) is 0 Å². The molecule has 1 aromatic carbocycles. The SMILES string of the molecule is CC(C)[C@@H]1N=C(c2ccccc2)O[C@H]1/C=C/CO. The van der Waals surface area contributed by atoms with Gasteiger partial charge in [-0.15, -0.1) is 0 Å². The van der Waals surface area contributed by atoms with Crippen LogP contribution in [0.15, 0.2) is 47.5 Å². The molecule has 0 fully saturated rings. The van der Waals surface area contributed by atoms with E-state index in [0.717, 1.165) is 5.56 Å². The third-order valence-electron chi connectivity index (χ3n) is 2.99. The molecule has 0 amide bonds. The van der Waals surface area contributed by atoms with Gasteiger partial charge in [0.2, 0.25) is 5.90 Å². The smallest absolute Gasteiger partial charge is 0.217 e. The van der Waals surface area contributed by atoms with Gasteiger partial charge in [-0.1, -0.05) is 38.1 Å². The van der Waals surface area contributed by atoms with Crippen molar-refractivity contribution in [1.82, 2.24) is 0 Å². The molecule has 3 nitrogen and oxygen atoms in total. The maximum Gasteiger partial charge on any atom is 0.217 e. The van der Waals surface area contributed by atoms with Crippen LogP contribution in [0.1, 0.15) is 19.4 Å². The maximum absolute atomic E-state index is 8.85. The average Bonchev–Trinajstić information content (AvgIpc) is 2.81. The largest absolute Gasteiger partial charge is 0.468 e. The summed E-state index contributed by atoms with van der Waals surface area (Å²) in [6.45, 7) is 4.29. The minimum atomic E-state index is -0.0765. The summed E-state index contributed by atoms with van der Waals surface area (Å²) in [5.74, 6) is 1.10. The Kier molecular flexibility index (Phi) is 4.15. The van der Waals surface area contributed by atoms with Crippen LogP contribution in [0.3, 0.4) is 0 Å². The van der Waals surface area contributed by atoms with Crippen LogP contribution in [0.25, 0.3) is 0 Å². The van der Waals surface area contributed by atoms with Crippen LogP contribution >= 0.6 is 0 Å². The second-order valence-corrected chi connectivity index (χ2v) is 4.73. The van der Waals surface area contributed by atoms with E-state index in [2.05, 4.69) is 18.8 Å². The minimum Gasteiger partial charge on any atom is -0.468 e. The topological polar surface area (TPSA) is 41.8 Å². The second-order valence-electron chi connectivity index (χ2n) is 4.73. The van der Waals surface area contributed by atoms with Crippen molar-refractivity contribution in [1.29, 1.82) is 0 Å². The molecule has 1 N–H and O–H groups in total. The molecule has 0 aromatic heterocycles. The molecule has 0 saturated heterocycles. The standard InChI is InChI=1S/C15H19NO2/c1-11(2)14-13(9-6-10-17)18-15(16-14)12-7-4-3-5-8-12/h3-9,11,13-14,17H,10H2,1-2H3/b9-6+/t13-,14-/m0/s1. The predicted octanol–water partition coefficient (Wildman–Crippen LogP) is 2.41. The van der Waals surface area contributed by atoms with Crippen molar-refractivity contribution in [3.8, 4) is 0 Å². The molecule has 0 aliphatic carbocycles. The predicted molar refractivity (Wildman–Crippen MR) is 72.7 cm³/mol. The zero-order chi connectivity index (χ0) is 13.0. The Balaban J connectivity index is 2.20. The number of ether oxygens (including phenoxy) is 1. The monoisotopic (exact) mass is 245 g/mol. The van der Waals surface area contributed by atoms with E-state index in [4.69, 9.17) is 9.84 Å². The number of benzene rings is 1. The summed E-state index contributed by atoms with van der Waals surface area (Å²) >= 11 is 0. The van der Waals surface area contributed by atoms with Crippen molar-refractivity contribution in [2.45, 2.75) is 26.0 Å². The first-order valence-corrected chi connectivity index (χ1v) is 6.29. The fourth-order valence-electron chi connectivity index (χ4n) is 2.04. The third kappa shape index (κ3) is 2.79. The first-order chi connectivity index (χ1) is 8.72. The molecule has 0 spiro atoms. The lowest BCUT2D eigenvalue weighted by Gasteiger charge is -2.16. The number of aliphatic imine (C=N–C) groups is 1. The van der Waals surface area contributed by atoms with Crippen molar-refractivity contribution >= 4 is 5.90 Å².